The SMILES string of the molecule is COc1cc(/C=N/NC(=O)C(=O)Nc2cc(C)ccc2C)ccc1OCc1ccc(Cl)cc1. The summed E-state index contributed by atoms with van der Waals surface area (Å²) in [6.07, 6.45) is 1.41. The van der Waals surface area contributed by atoms with Crippen molar-refractivity contribution in [1.29, 1.82) is 0 Å². The van der Waals surface area contributed by atoms with Gasteiger partial charge in [-0.3, -0.25) is 9.59 Å². The Morgan fingerprint density at radius 2 is 1.73 bits per heavy atom. The molecular formula is C25H24ClN3O4. The maximum absolute atomic E-state index is 12.1. The molecule has 0 aliphatic rings. The number of halogens is 1. The molecular weight excluding hydrogens is 442 g/mol. The molecule has 7 nitrogen and oxygen atoms in total. The number of ether oxygens (including phenoxy) is 2. The molecule has 0 bridgehead atoms. The van der Waals surface area contributed by atoms with E-state index in [2.05, 4.69) is 15.8 Å². The molecule has 0 unspecified atom stereocenters. The number of amides is 2. The van der Waals surface area contributed by atoms with Crippen LogP contribution < -0.4 is 20.2 Å². The highest BCUT2D eigenvalue weighted by Crippen LogP contribution is 2.28. The first-order valence-electron chi connectivity index (χ1n) is 10.1. The number of nitrogens with zero attached hydrogens (tertiary/aromatic N) is 1. The molecule has 3 aromatic carbocycles. The number of anilines is 1. The second-order valence-corrected chi connectivity index (χ2v) is 7.73. The number of carbonyl (C=O) groups excluding carboxylic acids is 2. The van der Waals surface area contributed by atoms with Gasteiger partial charge in [-0.05, 0) is 72.5 Å². The lowest BCUT2D eigenvalue weighted by Crippen LogP contribution is -2.32. The van der Waals surface area contributed by atoms with Crippen molar-refractivity contribution in [2.75, 3.05) is 12.4 Å². The Labute approximate surface area is 197 Å². The summed E-state index contributed by atoms with van der Waals surface area (Å²) in [4.78, 5) is 24.2. The second-order valence-electron chi connectivity index (χ2n) is 7.30. The number of hydrazone groups is 1. The third-order valence-electron chi connectivity index (χ3n) is 4.72. The predicted molar refractivity (Wildman–Crippen MR) is 129 cm³/mol. The van der Waals surface area contributed by atoms with E-state index < -0.39 is 11.8 Å². The fourth-order valence-corrected chi connectivity index (χ4v) is 3.02. The van der Waals surface area contributed by atoms with Crippen LogP contribution in [-0.4, -0.2) is 25.1 Å². The van der Waals surface area contributed by atoms with E-state index in [4.69, 9.17) is 21.1 Å². The first kappa shape index (κ1) is 23.8. The average molecular weight is 466 g/mol. The summed E-state index contributed by atoms with van der Waals surface area (Å²) in [5.41, 5.74) is 6.26. The zero-order valence-electron chi connectivity index (χ0n) is 18.5. The number of hydrogen-bond acceptors (Lipinski definition) is 5. The molecule has 8 heteroatoms. The summed E-state index contributed by atoms with van der Waals surface area (Å²) in [6, 6.07) is 18.2. The van der Waals surface area contributed by atoms with Crippen LogP contribution in [0, 0.1) is 13.8 Å². The van der Waals surface area contributed by atoms with Crippen molar-refractivity contribution in [3.8, 4) is 11.5 Å². The number of carbonyl (C=O) groups is 2. The molecule has 33 heavy (non-hydrogen) atoms. The van der Waals surface area contributed by atoms with Gasteiger partial charge in [-0.15, -0.1) is 0 Å². The summed E-state index contributed by atoms with van der Waals surface area (Å²) in [6.45, 7) is 4.11. The van der Waals surface area contributed by atoms with Gasteiger partial charge in [0.25, 0.3) is 0 Å². The molecule has 3 rings (SSSR count). The van der Waals surface area contributed by atoms with E-state index in [1.165, 1.54) is 13.3 Å². The Balaban J connectivity index is 1.57. The van der Waals surface area contributed by atoms with Gasteiger partial charge in [-0.2, -0.15) is 5.10 Å². The Morgan fingerprint density at radius 1 is 0.970 bits per heavy atom. The largest absolute Gasteiger partial charge is 0.493 e. The summed E-state index contributed by atoms with van der Waals surface area (Å²) in [5, 5.41) is 7.11. The lowest BCUT2D eigenvalue weighted by atomic mass is 10.1. The van der Waals surface area contributed by atoms with Crippen LogP contribution in [0.1, 0.15) is 22.3 Å². The van der Waals surface area contributed by atoms with Gasteiger partial charge in [0.05, 0.1) is 13.3 Å². The minimum absolute atomic E-state index is 0.354. The molecule has 0 heterocycles. The fraction of sp³-hybridized carbons (Fsp3) is 0.160. The van der Waals surface area contributed by atoms with E-state index in [-0.39, 0.29) is 0 Å². The zero-order valence-corrected chi connectivity index (χ0v) is 19.3. The summed E-state index contributed by atoms with van der Waals surface area (Å²) in [7, 11) is 1.53. The number of aryl methyl sites for hydroxylation is 2. The van der Waals surface area contributed by atoms with Crippen LogP contribution in [0.25, 0.3) is 0 Å². The number of nitrogens with one attached hydrogen (secondary N) is 2. The standard InChI is InChI=1S/C25H24ClN3O4/c1-16-4-5-17(2)21(12-16)28-24(30)25(31)29-27-14-19-8-11-22(23(13-19)32-3)33-15-18-6-9-20(26)10-7-18/h4-14H,15H2,1-3H3,(H,28,30)(H,29,31)/b27-14+. The van der Waals surface area contributed by atoms with Gasteiger partial charge in [0.15, 0.2) is 11.5 Å². The van der Waals surface area contributed by atoms with Crippen LogP contribution in [0.3, 0.4) is 0 Å². The number of methoxy groups -OCH3 is 1. The molecule has 0 spiro atoms. The zero-order chi connectivity index (χ0) is 23.8. The van der Waals surface area contributed by atoms with E-state index >= 15 is 0 Å². The Hall–Kier alpha value is -3.84. The van der Waals surface area contributed by atoms with Gasteiger partial charge < -0.3 is 14.8 Å². The molecule has 0 saturated carbocycles. The lowest BCUT2D eigenvalue weighted by Gasteiger charge is -2.11. The maximum Gasteiger partial charge on any atom is 0.329 e. The molecule has 0 aliphatic carbocycles. The van der Waals surface area contributed by atoms with Crippen molar-refractivity contribution in [2.45, 2.75) is 20.5 Å². The monoisotopic (exact) mass is 465 g/mol. The summed E-state index contributed by atoms with van der Waals surface area (Å²) < 4.78 is 11.2. The summed E-state index contributed by atoms with van der Waals surface area (Å²) in [5.74, 6) is -0.611. The third-order valence-corrected chi connectivity index (χ3v) is 4.97. The Bertz CT molecular complexity index is 1180. The van der Waals surface area contributed by atoms with Crippen molar-refractivity contribution >= 4 is 35.3 Å². The van der Waals surface area contributed by atoms with Crippen molar-refractivity contribution in [2.24, 2.45) is 5.10 Å². The smallest absolute Gasteiger partial charge is 0.329 e. The predicted octanol–water partition coefficient (Wildman–Crippen LogP) is 4.63. The molecule has 3 aromatic rings. The highest BCUT2D eigenvalue weighted by Gasteiger charge is 2.14. The molecule has 170 valence electrons. The molecule has 0 atom stereocenters. The van der Waals surface area contributed by atoms with E-state index in [0.717, 1.165) is 16.7 Å². The normalized spacial score (nSPS) is 10.7. The number of hydrogen-bond donors (Lipinski definition) is 2. The van der Waals surface area contributed by atoms with Gasteiger partial charge in [0, 0.05) is 10.7 Å². The van der Waals surface area contributed by atoms with Crippen LogP contribution in [0.2, 0.25) is 5.02 Å². The van der Waals surface area contributed by atoms with E-state index in [1.807, 2.05) is 38.1 Å². The highest BCUT2D eigenvalue weighted by molar-refractivity contribution is 6.39. The first-order chi connectivity index (χ1) is 15.9. The molecule has 0 aromatic heterocycles. The maximum atomic E-state index is 12.1. The fourth-order valence-electron chi connectivity index (χ4n) is 2.89. The van der Waals surface area contributed by atoms with Crippen LogP contribution in [0.15, 0.2) is 65.8 Å². The highest BCUT2D eigenvalue weighted by atomic mass is 35.5. The van der Waals surface area contributed by atoms with E-state index in [9.17, 15) is 9.59 Å². The summed E-state index contributed by atoms with van der Waals surface area (Å²) >= 11 is 5.90. The third kappa shape index (κ3) is 6.82. The second kappa shape index (κ2) is 11.2. The molecule has 0 radical (unpaired) electrons. The minimum Gasteiger partial charge on any atom is -0.493 e. The van der Waals surface area contributed by atoms with Crippen molar-refractivity contribution in [3.63, 3.8) is 0 Å². The van der Waals surface area contributed by atoms with Gasteiger partial charge in [0.1, 0.15) is 6.61 Å². The molecule has 0 saturated heterocycles. The molecule has 2 amide bonds. The van der Waals surface area contributed by atoms with E-state index in [1.54, 1.807) is 36.4 Å². The van der Waals surface area contributed by atoms with Crippen LogP contribution in [-0.2, 0) is 16.2 Å². The quantitative estimate of drug-likeness (QED) is 0.302. The number of rotatable bonds is 7. The Kier molecular flexibility index (Phi) is 8.05. The average Bonchev–Trinajstić information content (AvgIpc) is 2.81. The molecule has 2 N–H and O–H groups in total. The van der Waals surface area contributed by atoms with E-state index in [0.29, 0.717) is 34.4 Å². The minimum atomic E-state index is -0.873. The van der Waals surface area contributed by atoms with Crippen molar-refractivity contribution in [3.05, 3.63) is 87.9 Å². The Morgan fingerprint density at radius 3 is 2.45 bits per heavy atom. The van der Waals surface area contributed by atoms with Crippen molar-refractivity contribution in [1.82, 2.24) is 5.43 Å². The number of benzene rings is 3. The molecule has 0 aliphatic heterocycles. The van der Waals surface area contributed by atoms with Gasteiger partial charge in [-0.1, -0.05) is 35.9 Å². The van der Waals surface area contributed by atoms with Gasteiger partial charge in [0.2, 0.25) is 0 Å². The van der Waals surface area contributed by atoms with Gasteiger partial charge in [-0.25, -0.2) is 5.43 Å². The first-order valence-corrected chi connectivity index (χ1v) is 10.5. The van der Waals surface area contributed by atoms with Gasteiger partial charge >= 0.3 is 11.8 Å². The molecule has 0 fully saturated rings. The van der Waals surface area contributed by atoms with Crippen molar-refractivity contribution < 1.29 is 19.1 Å². The lowest BCUT2D eigenvalue weighted by molar-refractivity contribution is -0.136. The van der Waals surface area contributed by atoms with Crippen LogP contribution in [0.5, 0.6) is 11.5 Å². The van der Waals surface area contributed by atoms with Crippen LogP contribution >= 0.6 is 11.6 Å². The van der Waals surface area contributed by atoms with Crippen LogP contribution in [0.4, 0.5) is 5.69 Å². The topological polar surface area (TPSA) is 89.0 Å².